The van der Waals surface area contributed by atoms with Gasteiger partial charge < -0.3 is 5.32 Å². The molecule has 120 valence electrons. The number of hydrogen-bond donors (Lipinski definition) is 1. The Morgan fingerprint density at radius 2 is 1.88 bits per heavy atom. The zero-order valence-corrected chi connectivity index (χ0v) is 13.7. The topological polar surface area (TPSA) is 66.5 Å². The van der Waals surface area contributed by atoms with E-state index in [0.29, 0.717) is 23.2 Å². The second kappa shape index (κ2) is 5.49. The molecule has 0 aromatic heterocycles. The van der Waals surface area contributed by atoms with Gasteiger partial charge in [-0.15, -0.1) is 11.8 Å². The molecule has 4 rings (SSSR count). The van der Waals surface area contributed by atoms with Crippen LogP contribution in [-0.2, 0) is 11.2 Å². The lowest BCUT2D eigenvalue weighted by Crippen LogP contribution is -2.25. The monoisotopic (exact) mass is 338 g/mol. The van der Waals surface area contributed by atoms with Gasteiger partial charge in [0.05, 0.1) is 16.4 Å². The molecule has 2 heterocycles. The smallest absolute Gasteiger partial charge is 0.261 e. The van der Waals surface area contributed by atoms with E-state index >= 15 is 0 Å². The summed E-state index contributed by atoms with van der Waals surface area (Å²) in [4.78, 5) is 38.6. The minimum atomic E-state index is -0.339. The van der Waals surface area contributed by atoms with E-state index in [9.17, 15) is 14.4 Å². The van der Waals surface area contributed by atoms with Crippen LogP contribution in [0.5, 0.6) is 0 Å². The minimum Gasteiger partial charge on any atom is -0.325 e. The first-order valence-corrected chi connectivity index (χ1v) is 8.44. The van der Waals surface area contributed by atoms with E-state index in [1.54, 1.807) is 30.0 Å². The van der Waals surface area contributed by atoms with Crippen molar-refractivity contribution in [1.82, 2.24) is 4.90 Å². The van der Waals surface area contributed by atoms with Gasteiger partial charge in [-0.2, -0.15) is 0 Å². The highest BCUT2D eigenvalue weighted by Crippen LogP contribution is 2.37. The first-order chi connectivity index (χ1) is 11.5. The minimum absolute atomic E-state index is 0.0960. The third kappa shape index (κ3) is 2.30. The molecule has 1 unspecified atom stereocenters. The second-order valence-electron chi connectivity index (χ2n) is 5.84. The molecule has 2 aliphatic rings. The molecule has 2 aromatic rings. The summed E-state index contributed by atoms with van der Waals surface area (Å²) in [7, 11) is 1.45. The van der Waals surface area contributed by atoms with E-state index in [2.05, 4.69) is 5.32 Å². The predicted molar refractivity (Wildman–Crippen MR) is 91.3 cm³/mol. The lowest BCUT2D eigenvalue weighted by Gasteiger charge is -2.10. The molecule has 0 radical (unpaired) electrons. The molecule has 0 bridgehead atoms. The maximum Gasteiger partial charge on any atom is 0.261 e. The van der Waals surface area contributed by atoms with E-state index in [-0.39, 0.29) is 23.0 Å². The average Bonchev–Trinajstić information content (AvgIpc) is 3.11. The van der Waals surface area contributed by atoms with Crippen LogP contribution in [0.3, 0.4) is 0 Å². The molecule has 2 aromatic carbocycles. The van der Waals surface area contributed by atoms with Crippen LogP contribution in [-0.4, -0.2) is 34.9 Å². The van der Waals surface area contributed by atoms with Crippen LogP contribution in [0, 0.1) is 0 Å². The number of nitrogens with one attached hydrogen (secondary N) is 1. The third-order valence-corrected chi connectivity index (χ3v) is 5.61. The van der Waals surface area contributed by atoms with Crippen LogP contribution in [0.15, 0.2) is 47.4 Å². The molecule has 3 amide bonds. The third-order valence-electron chi connectivity index (χ3n) is 4.30. The number of anilines is 1. The van der Waals surface area contributed by atoms with Crippen LogP contribution < -0.4 is 5.32 Å². The van der Waals surface area contributed by atoms with Gasteiger partial charge in [-0.3, -0.25) is 19.3 Å². The first kappa shape index (κ1) is 15.0. The van der Waals surface area contributed by atoms with Crippen molar-refractivity contribution < 1.29 is 14.4 Å². The molecule has 0 spiro atoms. The fourth-order valence-electron chi connectivity index (χ4n) is 2.99. The van der Waals surface area contributed by atoms with Gasteiger partial charge in [-0.05, 0) is 36.2 Å². The Bertz CT molecular complexity index is 869. The zero-order chi connectivity index (χ0) is 16.8. The summed E-state index contributed by atoms with van der Waals surface area (Å²) in [6.07, 6.45) is 0.692. The van der Waals surface area contributed by atoms with E-state index in [1.807, 2.05) is 24.3 Å². The lowest BCUT2D eigenvalue weighted by atomic mass is 10.1. The van der Waals surface area contributed by atoms with Crippen LogP contribution >= 0.6 is 11.8 Å². The van der Waals surface area contributed by atoms with Crippen LogP contribution in [0.4, 0.5) is 5.69 Å². The highest BCUT2D eigenvalue weighted by atomic mass is 32.2. The first-order valence-electron chi connectivity index (χ1n) is 7.56. The number of rotatable bonds is 2. The Morgan fingerprint density at radius 1 is 1.12 bits per heavy atom. The summed E-state index contributed by atoms with van der Waals surface area (Å²) in [5.74, 6) is -0.746. The van der Waals surface area contributed by atoms with Gasteiger partial charge in [0.15, 0.2) is 0 Å². The average molecular weight is 338 g/mol. The van der Waals surface area contributed by atoms with Gasteiger partial charge in [0.25, 0.3) is 11.8 Å². The van der Waals surface area contributed by atoms with Crippen LogP contribution in [0.25, 0.3) is 0 Å². The molecule has 0 saturated carbocycles. The quantitative estimate of drug-likeness (QED) is 0.855. The molecule has 5 nitrogen and oxygen atoms in total. The number of thioether (sulfide) groups is 1. The SMILES string of the molecule is CN1C(=O)c2ccc(NC(=O)C3Cc4ccccc4S3)cc2C1=O. The molecular formula is C18H14N2O3S. The van der Waals surface area contributed by atoms with Crippen molar-refractivity contribution in [2.24, 2.45) is 0 Å². The molecule has 0 fully saturated rings. The number of fused-ring (bicyclic) bond motifs is 2. The Balaban J connectivity index is 1.52. The highest BCUT2D eigenvalue weighted by Gasteiger charge is 2.33. The van der Waals surface area contributed by atoms with Gasteiger partial charge in [0, 0.05) is 17.6 Å². The van der Waals surface area contributed by atoms with Crippen molar-refractivity contribution in [3.63, 3.8) is 0 Å². The normalized spacial score (nSPS) is 18.5. The molecule has 24 heavy (non-hydrogen) atoms. The Hall–Kier alpha value is -2.60. The van der Waals surface area contributed by atoms with Crippen molar-refractivity contribution in [2.45, 2.75) is 16.6 Å². The number of nitrogens with zero attached hydrogens (tertiary/aromatic N) is 1. The molecule has 2 aliphatic heterocycles. The standard InChI is InChI=1S/C18H14N2O3S/c1-20-17(22)12-7-6-11(9-13(12)18(20)23)19-16(21)15-8-10-4-2-3-5-14(10)24-15/h2-7,9,15H,8H2,1H3,(H,19,21). The maximum absolute atomic E-state index is 12.5. The number of benzene rings is 2. The molecule has 0 aliphatic carbocycles. The van der Waals surface area contributed by atoms with Gasteiger partial charge in [0.2, 0.25) is 5.91 Å². The number of amides is 3. The molecule has 1 N–H and O–H groups in total. The number of imide groups is 1. The van der Waals surface area contributed by atoms with Crippen molar-refractivity contribution in [2.75, 3.05) is 12.4 Å². The fraction of sp³-hybridized carbons (Fsp3) is 0.167. The van der Waals surface area contributed by atoms with Gasteiger partial charge in [-0.25, -0.2) is 0 Å². The fourth-order valence-corrected chi connectivity index (χ4v) is 4.19. The number of carbonyl (C=O) groups excluding carboxylic acids is 3. The summed E-state index contributed by atoms with van der Waals surface area (Å²) in [5.41, 5.74) is 2.43. The largest absolute Gasteiger partial charge is 0.325 e. The lowest BCUT2D eigenvalue weighted by molar-refractivity contribution is -0.115. The second-order valence-corrected chi connectivity index (χ2v) is 7.08. The van der Waals surface area contributed by atoms with Crippen molar-refractivity contribution in [3.8, 4) is 0 Å². The Kier molecular flexibility index (Phi) is 3.42. The van der Waals surface area contributed by atoms with Crippen LogP contribution in [0.1, 0.15) is 26.3 Å². The maximum atomic E-state index is 12.5. The molecule has 0 saturated heterocycles. The van der Waals surface area contributed by atoms with E-state index in [1.165, 1.54) is 12.6 Å². The van der Waals surface area contributed by atoms with E-state index < -0.39 is 0 Å². The number of hydrogen-bond acceptors (Lipinski definition) is 4. The van der Waals surface area contributed by atoms with Gasteiger partial charge >= 0.3 is 0 Å². The van der Waals surface area contributed by atoms with Crippen molar-refractivity contribution in [1.29, 1.82) is 0 Å². The Morgan fingerprint density at radius 3 is 2.67 bits per heavy atom. The summed E-state index contributed by atoms with van der Waals surface area (Å²) in [6.45, 7) is 0. The highest BCUT2D eigenvalue weighted by molar-refractivity contribution is 8.01. The van der Waals surface area contributed by atoms with E-state index in [0.717, 1.165) is 9.80 Å². The van der Waals surface area contributed by atoms with Gasteiger partial charge in [-0.1, -0.05) is 18.2 Å². The summed E-state index contributed by atoms with van der Waals surface area (Å²) in [5, 5.41) is 2.67. The van der Waals surface area contributed by atoms with Crippen molar-refractivity contribution >= 4 is 35.2 Å². The molecule has 1 atom stereocenters. The summed E-state index contributed by atoms with van der Waals surface area (Å²) >= 11 is 1.55. The van der Waals surface area contributed by atoms with Crippen LogP contribution in [0.2, 0.25) is 0 Å². The van der Waals surface area contributed by atoms with Crippen molar-refractivity contribution in [3.05, 3.63) is 59.2 Å². The summed E-state index contributed by atoms with van der Waals surface area (Å²) < 4.78 is 0. The molecular weight excluding hydrogens is 324 g/mol. The number of carbonyl (C=O) groups is 3. The Labute approximate surface area is 143 Å². The molecule has 6 heteroatoms. The summed E-state index contributed by atoms with van der Waals surface area (Å²) in [6, 6.07) is 12.8. The van der Waals surface area contributed by atoms with E-state index in [4.69, 9.17) is 0 Å². The van der Waals surface area contributed by atoms with Gasteiger partial charge in [0.1, 0.15) is 0 Å². The predicted octanol–water partition coefficient (Wildman–Crippen LogP) is 2.57. The zero-order valence-electron chi connectivity index (χ0n) is 12.9.